The van der Waals surface area contributed by atoms with Crippen LogP contribution in [0.4, 0.5) is 0 Å². The van der Waals surface area contributed by atoms with E-state index in [0.29, 0.717) is 6.54 Å². The number of nitrogens with zero attached hydrogens (tertiary/aromatic N) is 2. The molecular formula is C26H27N3. The minimum absolute atomic E-state index is 0.222. The molecule has 0 radical (unpaired) electrons. The molecule has 0 amide bonds. The smallest absolute Gasteiger partial charge is 0.121 e. The van der Waals surface area contributed by atoms with Crippen LogP contribution in [0.2, 0.25) is 0 Å². The fraction of sp³-hybridized carbons (Fsp3) is 0.192. The van der Waals surface area contributed by atoms with E-state index in [-0.39, 0.29) is 5.41 Å². The summed E-state index contributed by atoms with van der Waals surface area (Å²) in [7, 11) is 0. The molecule has 0 aliphatic carbocycles. The maximum atomic E-state index is 6.18. The van der Waals surface area contributed by atoms with Gasteiger partial charge in [0, 0.05) is 23.9 Å². The summed E-state index contributed by atoms with van der Waals surface area (Å²) in [5, 5.41) is 0. The predicted octanol–water partition coefficient (Wildman–Crippen LogP) is 4.96. The first kappa shape index (κ1) is 19.2. The van der Waals surface area contributed by atoms with E-state index in [4.69, 9.17) is 5.73 Å². The van der Waals surface area contributed by atoms with Gasteiger partial charge in [-0.1, -0.05) is 105 Å². The Morgan fingerprint density at radius 2 is 1.14 bits per heavy atom. The third-order valence-corrected chi connectivity index (χ3v) is 5.78. The summed E-state index contributed by atoms with van der Waals surface area (Å²) in [6.07, 6.45) is 3.90. The third kappa shape index (κ3) is 3.18. The van der Waals surface area contributed by atoms with Gasteiger partial charge in [-0.05, 0) is 16.7 Å². The molecule has 0 atom stereocenters. The van der Waals surface area contributed by atoms with E-state index >= 15 is 0 Å². The maximum Gasteiger partial charge on any atom is 0.121 e. The molecule has 2 N–H and O–H groups in total. The van der Waals surface area contributed by atoms with Crippen LogP contribution in [0.3, 0.4) is 0 Å². The van der Waals surface area contributed by atoms with Crippen LogP contribution in [0.5, 0.6) is 0 Å². The van der Waals surface area contributed by atoms with E-state index in [9.17, 15) is 0 Å². The largest absolute Gasteiger partial charge is 0.330 e. The molecule has 1 heterocycles. The van der Waals surface area contributed by atoms with Crippen LogP contribution in [0.1, 0.15) is 36.2 Å². The highest BCUT2D eigenvalue weighted by atomic mass is 15.1. The maximum absolute atomic E-state index is 6.18. The lowest BCUT2D eigenvalue weighted by molar-refractivity contribution is 0.427. The summed E-state index contributed by atoms with van der Waals surface area (Å²) < 4.78 is 2.31. The average molecular weight is 382 g/mol. The van der Waals surface area contributed by atoms with Crippen LogP contribution in [-0.4, -0.2) is 16.1 Å². The molecule has 0 aliphatic heterocycles. The molecule has 0 bridgehead atoms. The van der Waals surface area contributed by atoms with Crippen molar-refractivity contribution in [3.05, 3.63) is 126 Å². The highest BCUT2D eigenvalue weighted by molar-refractivity contribution is 5.51. The average Bonchev–Trinajstić information content (AvgIpc) is 3.28. The van der Waals surface area contributed by atoms with Crippen molar-refractivity contribution in [2.45, 2.75) is 24.8 Å². The van der Waals surface area contributed by atoms with E-state index in [1.165, 1.54) is 16.7 Å². The lowest BCUT2D eigenvalue weighted by atomic mass is 9.75. The van der Waals surface area contributed by atoms with Gasteiger partial charge in [-0.3, -0.25) is 0 Å². The van der Waals surface area contributed by atoms with Gasteiger partial charge < -0.3 is 10.3 Å². The zero-order valence-electron chi connectivity index (χ0n) is 17.0. The molecule has 0 spiro atoms. The van der Waals surface area contributed by atoms with E-state index < -0.39 is 5.54 Å². The fourth-order valence-electron chi connectivity index (χ4n) is 4.12. The van der Waals surface area contributed by atoms with Crippen molar-refractivity contribution in [1.29, 1.82) is 0 Å². The Morgan fingerprint density at radius 3 is 1.52 bits per heavy atom. The van der Waals surface area contributed by atoms with E-state index in [2.05, 4.69) is 114 Å². The Morgan fingerprint density at radius 1 is 0.724 bits per heavy atom. The van der Waals surface area contributed by atoms with Crippen LogP contribution in [0.25, 0.3) is 0 Å². The van der Waals surface area contributed by atoms with Gasteiger partial charge in [-0.25, -0.2) is 4.98 Å². The Labute approximate surface area is 172 Å². The molecular weight excluding hydrogens is 354 g/mol. The molecule has 0 saturated carbocycles. The van der Waals surface area contributed by atoms with Crippen molar-refractivity contribution >= 4 is 0 Å². The predicted molar refractivity (Wildman–Crippen MR) is 119 cm³/mol. The van der Waals surface area contributed by atoms with Crippen molar-refractivity contribution in [1.82, 2.24) is 9.55 Å². The minimum Gasteiger partial charge on any atom is -0.330 e. The fourth-order valence-corrected chi connectivity index (χ4v) is 4.12. The van der Waals surface area contributed by atoms with Crippen LogP contribution in [0.15, 0.2) is 104 Å². The Bertz CT molecular complexity index is 954. The molecule has 146 valence electrons. The van der Waals surface area contributed by atoms with Gasteiger partial charge in [0.2, 0.25) is 0 Å². The molecule has 1 aromatic heterocycles. The van der Waals surface area contributed by atoms with Crippen LogP contribution in [0, 0.1) is 0 Å². The first-order chi connectivity index (χ1) is 14.1. The van der Waals surface area contributed by atoms with Crippen LogP contribution < -0.4 is 5.73 Å². The SMILES string of the molecule is CC(C)(CN)c1cncn1C(c1ccccc1)(c1ccccc1)c1ccccc1. The molecule has 0 unspecified atom stereocenters. The molecule has 3 aromatic carbocycles. The van der Waals surface area contributed by atoms with E-state index in [1.807, 2.05) is 12.5 Å². The molecule has 0 aliphatic rings. The molecule has 4 rings (SSSR count). The molecule has 4 aromatic rings. The quantitative estimate of drug-likeness (QED) is 0.480. The number of aromatic nitrogens is 2. The Kier molecular flexibility index (Phi) is 5.08. The zero-order chi connectivity index (χ0) is 20.3. The monoisotopic (exact) mass is 381 g/mol. The Balaban J connectivity index is 2.15. The van der Waals surface area contributed by atoms with Gasteiger partial charge in [0.05, 0.1) is 6.33 Å². The first-order valence-corrected chi connectivity index (χ1v) is 10.0. The van der Waals surface area contributed by atoms with Crippen LogP contribution >= 0.6 is 0 Å². The molecule has 0 saturated heterocycles. The van der Waals surface area contributed by atoms with Crippen LogP contribution in [-0.2, 0) is 11.0 Å². The zero-order valence-corrected chi connectivity index (χ0v) is 17.0. The molecule has 29 heavy (non-hydrogen) atoms. The van der Waals surface area contributed by atoms with Crippen molar-refractivity contribution in [3.8, 4) is 0 Å². The third-order valence-electron chi connectivity index (χ3n) is 5.78. The van der Waals surface area contributed by atoms with Gasteiger partial charge in [0.1, 0.15) is 5.54 Å². The van der Waals surface area contributed by atoms with Gasteiger partial charge >= 0.3 is 0 Å². The number of hydrogen-bond donors (Lipinski definition) is 1. The topological polar surface area (TPSA) is 43.8 Å². The standard InChI is InChI=1S/C26H27N3/c1-25(2,19-27)24-18-28-20-29(24)26(21-12-6-3-7-13-21,22-14-8-4-9-15-22)23-16-10-5-11-17-23/h3-18,20H,19,27H2,1-2H3. The lowest BCUT2D eigenvalue weighted by Crippen LogP contribution is -2.42. The highest BCUT2D eigenvalue weighted by Crippen LogP contribution is 2.43. The highest BCUT2D eigenvalue weighted by Gasteiger charge is 2.41. The molecule has 3 heteroatoms. The summed E-state index contributed by atoms with van der Waals surface area (Å²) in [6.45, 7) is 4.88. The van der Waals surface area contributed by atoms with Crippen molar-refractivity contribution in [3.63, 3.8) is 0 Å². The summed E-state index contributed by atoms with van der Waals surface area (Å²) in [5.41, 5.74) is 10.1. The lowest BCUT2D eigenvalue weighted by Gasteiger charge is -2.40. The number of imidazole rings is 1. The summed E-state index contributed by atoms with van der Waals surface area (Å²) >= 11 is 0. The second kappa shape index (κ2) is 7.69. The van der Waals surface area contributed by atoms with Gasteiger partial charge in [0.15, 0.2) is 0 Å². The van der Waals surface area contributed by atoms with Crippen molar-refractivity contribution < 1.29 is 0 Å². The number of benzene rings is 3. The summed E-state index contributed by atoms with van der Waals surface area (Å²) in [4.78, 5) is 4.59. The van der Waals surface area contributed by atoms with Gasteiger partial charge in [-0.2, -0.15) is 0 Å². The summed E-state index contributed by atoms with van der Waals surface area (Å²) in [5.74, 6) is 0. The molecule has 0 fully saturated rings. The number of hydrogen-bond acceptors (Lipinski definition) is 2. The van der Waals surface area contributed by atoms with Gasteiger partial charge in [0.25, 0.3) is 0 Å². The van der Waals surface area contributed by atoms with E-state index in [1.54, 1.807) is 0 Å². The van der Waals surface area contributed by atoms with E-state index in [0.717, 1.165) is 5.69 Å². The second-order valence-corrected chi connectivity index (χ2v) is 8.05. The second-order valence-electron chi connectivity index (χ2n) is 8.05. The Hall–Kier alpha value is -3.17. The molecule has 3 nitrogen and oxygen atoms in total. The van der Waals surface area contributed by atoms with Crippen molar-refractivity contribution in [2.24, 2.45) is 5.73 Å². The number of nitrogens with two attached hydrogens (primary N) is 1. The number of rotatable bonds is 6. The normalized spacial score (nSPS) is 12.1. The summed E-state index contributed by atoms with van der Waals surface area (Å²) in [6, 6.07) is 31.9. The first-order valence-electron chi connectivity index (χ1n) is 10.0. The minimum atomic E-state index is -0.554. The van der Waals surface area contributed by atoms with Crippen molar-refractivity contribution in [2.75, 3.05) is 6.54 Å². The van der Waals surface area contributed by atoms with Gasteiger partial charge in [-0.15, -0.1) is 0 Å².